The summed E-state index contributed by atoms with van der Waals surface area (Å²) in [7, 11) is 0. The van der Waals surface area contributed by atoms with E-state index >= 15 is 0 Å². The number of benzene rings is 1. The van der Waals surface area contributed by atoms with E-state index in [-0.39, 0.29) is 10.6 Å². The van der Waals surface area contributed by atoms with E-state index in [2.05, 4.69) is 10.00 Å². The first-order chi connectivity index (χ1) is 11.2. The standard InChI is InChI=1S/C17H22N4O2/c22-21(23)15-8-7-14-11-18-20(17(14)10-15)12-19-9-3-5-13-4-1-2-6-16(13)19/h7-8,10-11,13,16H,1-6,9,12H2/t13-,16+/m0/s1. The molecule has 0 bridgehead atoms. The van der Waals surface area contributed by atoms with Gasteiger partial charge in [-0.1, -0.05) is 12.8 Å². The minimum Gasteiger partial charge on any atom is -0.281 e. The minimum absolute atomic E-state index is 0.133. The van der Waals surface area contributed by atoms with E-state index in [0.29, 0.717) is 6.04 Å². The highest BCUT2D eigenvalue weighted by Gasteiger charge is 2.33. The fourth-order valence-electron chi connectivity index (χ4n) is 4.36. The van der Waals surface area contributed by atoms with Crippen LogP contribution in [0.1, 0.15) is 38.5 Å². The van der Waals surface area contributed by atoms with Crippen molar-refractivity contribution >= 4 is 16.6 Å². The average Bonchev–Trinajstić information content (AvgIpc) is 2.97. The molecule has 1 aliphatic carbocycles. The molecule has 2 heterocycles. The lowest BCUT2D eigenvalue weighted by Crippen LogP contribution is -2.47. The van der Waals surface area contributed by atoms with Gasteiger partial charge in [0, 0.05) is 30.1 Å². The van der Waals surface area contributed by atoms with Crippen LogP contribution in [-0.4, -0.2) is 32.2 Å². The van der Waals surface area contributed by atoms with E-state index in [1.165, 1.54) is 38.5 Å². The van der Waals surface area contributed by atoms with Crippen molar-refractivity contribution in [2.24, 2.45) is 5.92 Å². The highest BCUT2D eigenvalue weighted by atomic mass is 16.6. The van der Waals surface area contributed by atoms with Crippen LogP contribution in [0.3, 0.4) is 0 Å². The molecule has 0 amide bonds. The van der Waals surface area contributed by atoms with Gasteiger partial charge in [0.05, 0.1) is 23.3 Å². The Morgan fingerprint density at radius 3 is 2.91 bits per heavy atom. The molecule has 1 aliphatic heterocycles. The van der Waals surface area contributed by atoms with E-state index in [4.69, 9.17) is 0 Å². The Hall–Kier alpha value is -1.95. The third kappa shape index (κ3) is 2.72. The molecule has 2 aliphatic rings. The summed E-state index contributed by atoms with van der Waals surface area (Å²) in [5, 5.41) is 16.5. The molecule has 2 aromatic rings. The summed E-state index contributed by atoms with van der Waals surface area (Å²) in [6.07, 6.45) is 9.74. The normalized spacial score (nSPS) is 25.4. The molecule has 0 radical (unpaired) electrons. The predicted octanol–water partition coefficient (Wildman–Crippen LogP) is 3.56. The van der Waals surface area contributed by atoms with Gasteiger partial charge in [-0.25, -0.2) is 0 Å². The smallest absolute Gasteiger partial charge is 0.271 e. The van der Waals surface area contributed by atoms with Crippen LogP contribution in [0.15, 0.2) is 24.4 Å². The van der Waals surface area contributed by atoms with Crippen molar-refractivity contribution in [1.29, 1.82) is 0 Å². The molecule has 2 fully saturated rings. The number of hydrogen-bond acceptors (Lipinski definition) is 4. The summed E-state index contributed by atoms with van der Waals surface area (Å²) in [5.74, 6) is 0.827. The number of likely N-dealkylation sites (tertiary alicyclic amines) is 1. The third-order valence-corrected chi connectivity index (χ3v) is 5.51. The van der Waals surface area contributed by atoms with Crippen LogP contribution in [0.2, 0.25) is 0 Å². The molecule has 4 rings (SSSR count). The fraction of sp³-hybridized carbons (Fsp3) is 0.588. The van der Waals surface area contributed by atoms with Crippen molar-refractivity contribution in [2.45, 2.75) is 51.2 Å². The first-order valence-corrected chi connectivity index (χ1v) is 8.56. The zero-order valence-electron chi connectivity index (χ0n) is 13.2. The summed E-state index contributed by atoms with van der Waals surface area (Å²) in [5.41, 5.74) is 0.991. The molecule has 1 aromatic heterocycles. The lowest BCUT2D eigenvalue weighted by molar-refractivity contribution is -0.384. The Labute approximate surface area is 135 Å². The molecule has 1 saturated carbocycles. The van der Waals surface area contributed by atoms with Crippen molar-refractivity contribution in [1.82, 2.24) is 14.7 Å². The van der Waals surface area contributed by atoms with E-state index in [1.807, 2.05) is 4.68 Å². The van der Waals surface area contributed by atoms with Gasteiger partial charge >= 0.3 is 0 Å². The third-order valence-electron chi connectivity index (χ3n) is 5.51. The lowest BCUT2D eigenvalue weighted by Gasteiger charge is -2.44. The first kappa shape index (κ1) is 14.6. The maximum atomic E-state index is 11.0. The van der Waals surface area contributed by atoms with Crippen LogP contribution >= 0.6 is 0 Å². The van der Waals surface area contributed by atoms with Gasteiger partial charge in [-0.15, -0.1) is 0 Å². The van der Waals surface area contributed by atoms with E-state index in [0.717, 1.165) is 30.0 Å². The van der Waals surface area contributed by atoms with Crippen molar-refractivity contribution in [2.75, 3.05) is 6.54 Å². The van der Waals surface area contributed by atoms with Crippen molar-refractivity contribution in [3.63, 3.8) is 0 Å². The van der Waals surface area contributed by atoms with Crippen LogP contribution in [0, 0.1) is 16.0 Å². The largest absolute Gasteiger partial charge is 0.281 e. The number of fused-ring (bicyclic) bond motifs is 2. The maximum absolute atomic E-state index is 11.0. The maximum Gasteiger partial charge on any atom is 0.271 e. The van der Waals surface area contributed by atoms with E-state index in [1.54, 1.807) is 24.4 Å². The molecule has 1 aromatic carbocycles. The Morgan fingerprint density at radius 1 is 1.22 bits per heavy atom. The van der Waals surface area contributed by atoms with Gasteiger partial charge in [0.25, 0.3) is 5.69 Å². The molecular weight excluding hydrogens is 292 g/mol. The van der Waals surface area contributed by atoms with Crippen LogP contribution in [0.5, 0.6) is 0 Å². The number of rotatable bonds is 3. The number of piperidine rings is 1. The number of non-ortho nitro benzene ring substituents is 1. The molecule has 0 unspecified atom stereocenters. The van der Waals surface area contributed by atoms with Gasteiger partial charge in [0.2, 0.25) is 0 Å². The zero-order chi connectivity index (χ0) is 15.8. The van der Waals surface area contributed by atoms with Gasteiger partial charge in [-0.2, -0.15) is 5.10 Å². The molecule has 1 saturated heterocycles. The summed E-state index contributed by atoms with van der Waals surface area (Å²) in [4.78, 5) is 13.2. The average molecular weight is 314 g/mol. The quantitative estimate of drug-likeness (QED) is 0.642. The molecule has 23 heavy (non-hydrogen) atoms. The van der Waals surface area contributed by atoms with Crippen LogP contribution < -0.4 is 0 Å². The van der Waals surface area contributed by atoms with Gasteiger partial charge in [0.1, 0.15) is 0 Å². The van der Waals surface area contributed by atoms with E-state index < -0.39 is 0 Å². The molecule has 0 spiro atoms. The van der Waals surface area contributed by atoms with Gasteiger partial charge < -0.3 is 0 Å². The second kappa shape index (κ2) is 5.92. The monoisotopic (exact) mass is 314 g/mol. The number of nitro groups is 1. The number of nitro benzene ring substituents is 1. The zero-order valence-corrected chi connectivity index (χ0v) is 13.2. The van der Waals surface area contributed by atoms with Gasteiger partial charge in [-0.05, 0) is 37.7 Å². The summed E-state index contributed by atoms with van der Waals surface area (Å²) >= 11 is 0. The summed E-state index contributed by atoms with van der Waals surface area (Å²) in [6.45, 7) is 1.85. The van der Waals surface area contributed by atoms with E-state index in [9.17, 15) is 10.1 Å². The highest BCUT2D eigenvalue weighted by Crippen LogP contribution is 2.35. The van der Waals surface area contributed by atoms with Gasteiger partial charge in [-0.3, -0.25) is 19.7 Å². The Balaban J connectivity index is 1.61. The minimum atomic E-state index is -0.338. The Bertz CT molecular complexity index is 724. The second-order valence-corrected chi connectivity index (χ2v) is 6.85. The predicted molar refractivity (Wildman–Crippen MR) is 88.1 cm³/mol. The first-order valence-electron chi connectivity index (χ1n) is 8.56. The lowest BCUT2D eigenvalue weighted by atomic mass is 9.78. The van der Waals surface area contributed by atoms with Crippen LogP contribution in [0.25, 0.3) is 10.9 Å². The number of nitrogens with zero attached hydrogens (tertiary/aromatic N) is 4. The van der Waals surface area contributed by atoms with Crippen molar-refractivity contribution in [3.05, 3.63) is 34.5 Å². The SMILES string of the molecule is O=[N+]([O-])c1ccc2cnn(CN3CCC[C@@H]4CCCC[C@H]43)c2c1. The molecule has 6 heteroatoms. The Kier molecular flexibility index (Phi) is 3.77. The van der Waals surface area contributed by atoms with Crippen LogP contribution in [-0.2, 0) is 6.67 Å². The Morgan fingerprint density at radius 2 is 2.04 bits per heavy atom. The number of aromatic nitrogens is 2. The van der Waals surface area contributed by atoms with Crippen molar-refractivity contribution in [3.8, 4) is 0 Å². The van der Waals surface area contributed by atoms with Gasteiger partial charge in [0.15, 0.2) is 0 Å². The summed E-state index contributed by atoms with van der Waals surface area (Å²) in [6, 6.07) is 5.64. The molecule has 6 nitrogen and oxygen atoms in total. The topological polar surface area (TPSA) is 64.2 Å². The molecule has 0 N–H and O–H groups in total. The molecule has 122 valence electrons. The summed E-state index contributed by atoms with van der Waals surface area (Å²) < 4.78 is 1.93. The molecule has 2 atom stereocenters. The molecular formula is C17H22N4O2. The van der Waals surface area contributed by atoms with Crippen molar-refractivity contribution < 1.29 is 4.92 Å². The second-order valence-electron chi connectivity index (χ2n) is 6.85. The number of hydrogen-bond donors (Lipinski definition) is 0. The van der Waals surface area contributed by atoms with Crippen LogP contribution in [0.4, 0.5) is 5.69 Å². The highest BCUT2D eigenvalue weighted by molar-refractivity contribution is 5.80. The fourth-order valence-corrected chi connectivity index (χ4v) is 4.36.